The van der Waals surface area contributed by atoms with Gasteiger partial charge in [-0.25, -0.2) is 9.67 Å². The summed E-state index contributed by atoms with van der Waals surface area (Å²) in [5, 5.41) is 4.75. The van der Waals surface area contributed by atoms with Gasteiger partial charge in [-0.3, -0.25) is 0 Å². The van der Waals surface area contributed by atoms with Gasteiger partial charge in [-0.2, -0.15) is 5.10 Å². The number of hydrogen-bond acceptors (Lipinski definition) is 4. The van der Waals surface area contributed by atoms with Crippen molar-refractivity contribution in [2.24, 2.45) is 0 Å². The highest BCUT2D eigenvalue weighted by Gasteiger charge is 2.24. The zero-order chi connectivity index (χ0) is 14.9. The number of aryl methyl sites for hydroxylation is 1. The van der Waals surface area contributed by atoms with Crippen molar-refractivity contribution in [3.8, 4) is 17.1 Å². The highest BCUT2D eigenvalue weighted by Crippen LogP contribution is 2.31. The van der Waals surface area contributed by atoms with Gasteiger partial charge in [0.15, 0.2) is 11.6 Å². The van der Waals surface area contributed by atoms with E-state index in [4.69, 9.17) is 19.6 Å². The Morgan fingerprint density at radius 2 is 2.27 bits per heavy atom. The van der Waals surface area contributed by atoms with E-state index in [0.29, 0.717) is 5.92 Å². The summed E-state index contributed by atoms with van der Waals surface area (Å²) < 4.78 is 13.1. The van der Waals surface area contributed by atoms with Gasteiger partial charge in [-0.1, -0.05) is 6.92 Å². The van der Waals surface area contributed by atoms with Crippen LogP contribution < -0.4 is 4.74 Å². The van der Waals surface area contributed by atoms with Gasteiger partial charge in [0.1, 0.15) is 5.75 Å². The van der Waals surface area contributed by atoms with Crippen LogP contribution in [0.1, 0.15) is 37.1 Å². The van der Waals surface area contributed by atoms with Gasteiger partial charge < -0.3 is 9.47 Å². The van der Waals surface area contributed by atoms with Crippen LogP contribution in [0.4, 0.5) is 0 Å². The molecule has 22 heavy (non-hydrogen) atoms. The molecule has 0 amide bonds. The predicted molar refractivity (Wildman–Crippen MR) is 83.1 cm³/mol. The number of ether oxygens (including phenoxy) is 2. The quantitative estimate of drug-likeness (QED) is 0.871. The van der Waals surface area contributed by atoms with Gasteiger partial charge in [0.05, 0.1) is 13.2 Å². The van der Waals surface area contributed by atoms with Crippen molar-refractivity contribution in [3.05, 3.63) is 29.6 Å². The molecule has 1 fully saturated rings. The first kappa shape index (κ1) is 13.8. The van der Waals surface area contributed by atoms with E-state index in [1.165, 1.54) is 5.56 Å². The maximum Gasteiger partial charge on any atom is 0.158 e. The molecule has 1 aromatic heterocycles. The fourth-order valence-corrected chi connectivity index (χ4v) is 3.18. The van der Waals surface area contributed by atoms with Gasteiger partial charge in [0, 0.05) is 31.1 Å². The molecule has 2 aliphatic heterocycles. The number of nitrogens with zero attached hydrogens (tertiary/aromatic N) is 3. The smallest absolute Gasteiger partial charge is 0.158 e. The second-order valence-corrected chi connectivity index (χ2v) is 6.00. The second kappa shape index (κ2) is 5.72. The SMILES string of the molecule is CCCn1nc([C@H]2CCOC2)nc1-c1ccc2c(c1)CCO2. The lowest BCUT2D eigenvalue weighted by molar-refractivity contribution is 0.193. The summed E-state index contributed by atoms with van der Waals surface area (Å²) in [5.74, 6) is 3.25. The molecule has 2 aromatic rings. The third-order valence-corrected chi connectivity index (χ3v) is 4.37. The lowest BCUT2D eigenvalue weighted by Crippen LogP contribution is -2.04. The van der Waals surface area contributed by atoms with E-state index in [0.717, 1.165) is 68.6 Å². The van der Waals surface area contributed by atoms with E-state index in [1.807, 2.05) is 4.68 Å². The molecule has 1 aromatic carbocycles. The van der Waals surface area contributed by atoms with E-state index in [1.54, 1.807) is 0 Å². The van der Waals surface area contributed by atoms with Crippen LogP contribution in [-0.2, 0) is 17.7 Å². The molecule has 5 heteroatoms. The van der Waals surface area contributed by atoms with Crippen LogP contribution in [0.5, 0.6) is 5.75 Å². The first-order chi connectivity index (χ1) is 10.8. The Hall–Kier alpha value is -1.88. The number of hydrogen-bond donors (Lipinski definition) is 0. The summed E-state index contributed by atoms with van der Waals surface area (Å²) in [5.41, 5.74) is 2.41. The lowest BCUT2D eigenvalue weighted by Gasteiger charge is -2.05. The summed E-state index contributed by atoms with van der Waals surface area (Å²) in [6.07, 6.45) is 3.05. The van der Waals surface area contributed by atoms with Crippen LogP contribution >= 0.6 is 0 Å². The summed E-state index contributed by atoms with van der Waals surface area (Å²) in [4.78, 5) is 4.84. The average Bonchev–Trinajstić information content (AvgIpc) is 3.27. The Morgan fingerprint density at radius 3 is 3.09 bits per heavy atom. The number of aromatic nitrogens is 3. The zero-order valence-corrected chi connectivity index (χ0v) is 12.9. The normalized spacial score (nSPS) is 20.1. The molecule has 116 valence electrons. The fraction of sp³-hybridized carbons (Fsp3) is 0.529. The molecule has 5 nitrogen and oxygen atoms in total. The van der Waals surface area contributed by atoms with Crippen LogP contribution in [-0.4, -0.2) is 34.6 Å². The van der Waals surface area contributed by atoms with Crippen molar-refractivity contribution in [1.82, 2.24) is 14.8 Å². The van der Waals surface area contributed by atoms with Crippen molar-refractivity contribution in [2.75, 3.05) is 19.8 Å². The van der Waals surface area contributed by atoms with Gasteiger partial charge in [-0.15, -0.1) is 0 Å². The number of rotatable bonds is 4. The second-order valence-electron chi connectivity index (χ2n) is 6.00. The summed E-state index contributed by atoms with van der Waals surface area (Å²) in [6.45, 7) is 5.40. The van der Waals surface area contributed by atoms with Crippen molar-refractivity contribution < 1.29 is 9.47 Å². The third-order valence-electron chi connectivity index (χ3n) is 4.37. The standard InChI is InChI=1S/C17H21N3O2/c1-2-7-20-17(18-16(19-20)14-5-8-21-11-14)13-3-4-15-12(10-13)6-9-22-15/h3-4,10,14H,2,5-9,11H2,1H3/t14-/m0/s1. The Morgan fingerprint density at radius 1 is 1.32 bits per heavy atom. The number of fused-ring (bicyclic) bond motifs is 1. The van der Waals surface area contributed by atoms with Crippen LogP contribution in [0.2, 0.25) is 0 Å². The molecular formula is C17H21N3O2. The van der Waals surface area contributed by atoms with Gasteiger partial charge in [0.2, 0.25) is 0 Å². The highest BCUT2D eigenvalue weighted by atomic mass is 16.5. The van der Waals surface area contributed by atoms with Crippen molar-refractivity contribution in [1.29, 1.82) is 0 Å². The third kappa shape index (κ3) is 2.39. The van der Waals surface area contributed by atoms with Crippen molar-refractivity contribution in [3.63, 3.8) is 0 Å². The van der Waals surface area contributed by atoms with Crippen LogP contribution in [0.3, 0.4) is 0 Å². The molecule has 0 saturated carbocycles. The Bertz CT molecular complexity index is 675. The molecule has 0 N–H and O–H groups in total. The van der Waals surface area contributed by atoms with Gasteiger partial charge in [0.25, 0.3) is 0 Å². The zero-order valence-electron chi connectivity index (χ0n) is 12.9. The van der Waals surface area contributed by atoms with E-state index in [9.17, 15) is 0 Å². The highest BCUT2D eigenvalue weighted by molar-refractivity contribution is 5.60. The number of benzene rings is 1. The minimum Gasteiger partial charge on any atom is -0.493 e. The maximum atomic E-state index is 5.59. The Balaban J connectivity index is 1.72. The minimum atomic E-state index is 0.342. The predicted octanol–water partition coefficient (Wildman–Crippen LogP) is 2.79. The maximum absolute atomic E-state index is 5.59. The largest absolute Gasteiger partial charge is 0.493 e. The monoisotopic (exact) mass is 299 g/mol. The Labute approximate surface area is 130 Å². The van der Waals surface area contributed by atoms with Gasteiger partial charge in [-0.05, 0) is 36.6 Å². The molecule has 1 atom stereocenters. The molecule has 0 spiro atoms. The summed E-state index contributed by atoms with van der Waals surface area (Å²) in [7, 11) is 0. The average molecular weight is 299 g/mol. The topological polar surface area (TPSA) is 49.2 Å². The summed E-state index contributed by atoms with van der Waals surface area (Å²) >= 11 is 0. The molecule has 0 unspecified atom stereocenters. The molecule has 3 heterocycles. The van der Waals surface area contributed by atoms with E-state index in [-0.39, 0.29) is 0 Å². The molecule has 0 bridgehead atoms. The van der Waals surface area contributed by atoms with Crippen LogP contribution in [0.25, 0.3) is 11.4 Å². The molecule has 1 saturated heterocycles. The lowest BCUT2D eigenvalue weighted by atomic mass is 10.1. The first-order valence-electron chi connectivity index (χ1n) is 8.13. The van der Waals surface area contributed by atoms with E-state index in [2.05, 4.69) is 25.1 Å². The minimum absolute atomic E-state index is 0.342. The van der Waals surface area contributed by atoms with E-state index >= 15 is 0 Å². The van der Waals surface area contributed by atoms with Crippen LogP contribution in [0, 0.1) is 0 Å². The first-order valence-corrected chi connectivity index (χ1v) is 8.13. The van der Waals surface area contributed by atoms with Crippen molar-refractivity contribution >= 4 is 0 Å². The van der Waals surface area contributed by atoms with E-state index < -0.39 is 0 Å². The molecular weight excluding hydrogens is 278 g/mol. The van der Waals surface area contributed by atoms with Gasteiger partial charge >= 0.3 is 0 Å². The molecule has 0 aliphatic carbocycles. The molecule has 2 aliphatic rings. The fourth-order valence-electron chi connectivity index (χ4n) is 3.18. The van der Waals surface area contributed by atoms with Crippen molar-refractivity contribution in [2.45, 2.75) is 38.6 Å². The summed E-state index contributed by atoms with van der Waals surface area (Å²) in [6, 6.07) is 6.35. The van der Waals surface area contributed by atoms with Crippen LogP contribution in [0.15, 0.2) is 18.2 Å². The molecule has 0 radical (unpaired) electrons. The molecule has 4 rings (SSSR count). The Kier molecular flexibility index (Phi) is 3.58.